The fourth-order valence-corrected chi connectivity index (χ4v) is 13.3. The molecule has 4 nitrogen and oxygen atoms in total. The van der Waals surface area contributed by atoms with E-state index in [4.69, 9.17) is 4.98 Å². The summed E-state index contributed by atoms with van der Waals surface area (Å²) in [5.41, 5.74) is 12.3. The van der Waals surface area contributed by atoms with Crippen molar-refractivity contribution in [3.63, 3.8) is 0 Å². The molecule has 0 bridgehead atoms. The number of anilines is 5. The average Bonchev–Trinajstić information content (AvgIpc) is 3.48. The number of benzene rings is 5. The predicted molar refractivity (Wildman–Crippen MR) is 228 cm³/mol. The molecule has 55 heavy (non-hydrogen) atoms. The summed E-state index contributed by atoms with van der Waals surface area (Å²) in [6, 6.07) is 54.5. The summed E-state index contributed by atoms with van der Waals surface area (Å²) in [6.45, 7) is 13.9. The molecule has 0 aliphatic carbocycles. The van der Waals surface area contributed by atoms with Crippen LogP contribution in [-0.4, -0.2) is 25.1 Å². The Hall–Kier alpha value is -5.12. The van der Waals surface area contributed by atoms with Gasteiger partial charge in [-0.2, -0.15) is 17.3 Å². The minimum Gasteiger partial charge on any atom is -0.394 e. The SMILES string of the molecule is CN1c2ccc([Si]3(c4ccccn4)c4cc(C(C)(C)C)ccc4-c4ccc(C(C)(C)C)cc43)[c-]c2N(c2[c-]c(-c3ccccn3)ccc2)c2ccccc21.[Pd+2]. The summed E-state index contributed by atoms with van der Waals surface area (Å²) in [5, 5.41) is 5.07. The number of pyridine rings is 2. The predicted octanol–water partition coefficient (Wildman–Crippen LogP) is 9.25. The smallest absolute Gasteiger partial charge is 0.394 e. The van der Waals surface area contributed by atoms with Crippen molar-refractivity contribution >= 4 is 57.4 Å². The molecule has 0 saturated heterocycles. The van der Waals surface area contributed by atoms with Crippen molar-refractivity contribution in [1.82, 2.24) is 9.97 Å². The van der Waals surface area contributed by atoms with Crippen LogP contribution in [0.3, 0.4) is 0 Å². The summed E-state index contributed by atoms with van der Waals surface area (Å²) in [5.74, 6) is 0. The number of hydrogen-bond acceptors (Lipinski definition) is 4. The van der Waals surface area contributed by atoms with E-state index < -0.39 is 8.07 Å². The monoisotopic (exact) mass is 822 g/mol. The van der Waals surface area contributed by atoms with Gasteiger partial charge in [0.15, 0.2) is 8.07 Å². The molecular formula is C49H44N4PdSi. The van der Waals surface area contributed by atoms with Crippen molar-refractivity contribution in [2.75, 3.05) is 16.8 Å². The Morgan fingerprint density at radius 3 is 1.78 bits per heavy atom. The van der Waals surface area contributed by atoms with Crippen LogP contribution < -0.4 is 30.7 Å². The van der Waals surface area contributed by atoms with E-state index in [2.05, 4.69) is 179 Å². The molecule has 4 heterocycles. The summed E-state index contributed by atoms with van der Waals surface area (Å²) in [4.78, 5) is 14.6. The number of nitrogens with zero attached hydrogens (tertiary/aromatic N) is 4. The third-order valence-corrected chi connectivity index (χ3v) is 15.9. The maximum Gasteiger partial charge on any atom is 2.00 e. The van der Waals surface area contributed by atoms with E-state index in [0.717, 1.165) is 45.0 Å². The Morgan fingerprint density at radius 2 is 1.18 bits per heavy atom. The number of para-hydroxylation sites is 2. The Balaban J connectivity index is 0.00000427. The fourth-order valence-electron chi connectivity index (χ4n) is 8.38. The fraction of sp³-hybridized carbons (Fsp3) is 0.184. The molecule has 7 aromatic rings. The van der Waals surface area contributed by atoms with Gasteiger partial charge >= 0.3 is 20.4 Å². The normalized spacial score (nSPS) is 14.0. The van der Waals surface area contributed by atoms with Crippen LogP contribution >= 0.6 is 0 Å². The van der Waals surface area contributed by atoms with Gasteiger partial charge in [0.05, 0.1) is 11.4 Å². The number of hydrogen-bond donors (Lipinski definition) is 0. The van der Waals surface area contributed by atoms with Crippen LogP contribution in [0.15, 0.2) is 140 Å². The summed E-state index contributed by atoms with van der Waals surface area (Å²) >= 11 is 0. The summed E-state index contributed by atoms with van der Waals surface area (Å²) in [7, 11) is -0.885. The van der Waals surface area contributed by atoms with Gasteiger partial charge in [-0.15, -0.1) is 35.9 Å². The second-order valence-electron chi connectivity index (χ2n) is 16.6. The van der Waals surface area contributed by atoms with Crippen molar-refractivity contribution in [3.8, 4) is 22.4 Å². The van der Waals surface area contributed by atoms with Crippen LogP contribution in [0, 0.1) is 12.1 Å². The first-order valence-electron chi connectivity index (χ1n) is 18.8. The van der Waals surface area contributed by atoms with Gasteiger partial charge in [-0.05, 0) is 104 Å². The van der Waals surface area contributed by atoms with Crippen molar-refractivity contribution in [3.05, 3.63) is 163 Å². The Morgan fingerprint density at radius 1 is 0.564 bits per heavy atom. The quantitative estimate of drug-likeness (QED) is 0.131. The molecule has 5 aromatic carbocycles. The van der Waals surface area contributed by atoms with E-state index in [1.165, 1.54) is 37.8 Å². The van der Waals surface area contributed by atoms with Crippen molar-refractivity contribution in [1.29, 1.82) is 0 Å². The van der Waals surface area contributed by atoms with Crippen molar-refractivity contribution in [2.45, 2.75) is 52.4 Å². The third kappa shape index (κ3) is 5.90. The molecule has 0 amide bonds. The van der Waals surface area contributed by atoms with Gasteiger partial charge in [-0.3, -0.25) is 4.98 Å². The minimum absolute atomic E-state index is 0. The molecule has 6 heteroatoms. The van der Waals surface area contributed by atoms with Crippen LogP contribution in [0.5, 0.6) is 0 Å². The van der Waals surface area contributed by atoms with E-state index in [1.54, 1.807) is 0 Å². The standard InChI is InChI=1S/C49H44N4Si.Pd/c1-48(2,3)34-21-24-38-39-25-22-35(49(4,5)6)31-46(39)54(45(38)30-34,47-20-11-13-28-51-47)37-23-26-42-44(32-37)53(43-19-9-8-18-41(43)52(42)7)36-16-14-15-33(29-36)40-17-10-12-27-50-40;/h8-28,30-31H,1-7H3;/q-2;+2. The van der Waals surface area contributed by atoms with Crippen LogP contribution in [0.25, 0.3) is 22.4 Å². The average molecular weight is 823 g/mol. The molecule has 0 N–H and O–H groups in total. The van der Waals surface area contributed by atoms with Gasteiger partial charge in [0.2, 0.25) is 0 Å². The zero-order valence-corrected chi connectivity index (χ0v) is 34.9. The topological polar surface area (TPSA) is 32.3 Å². The molecule has 0 spiro atoms. The maximum atomic E-state index is 5.28. The molecule has 2 aliphatic heterocycles. The zero-order valence-electron chi connectivity index (χ0n) is 32.4. The van der Waals surface area contributed by atoms with Crippen LogP contribution in [0.1, 0.15) is 52.7 Å². The Bertz CT molecular complexity index is 2490. The van der Waals surface area contributed by atoms with Crippen molar-refractivity contribution < 1.29 is 20.4 Å². The van der Waals surface area contributed by atoms with E-state index in [-0.39, 0.29) is 31.3 Å². The molecular weight excluding hydrogens is 779 g/mol. The molecule has 0 unspecified atom stereocenters. The summed E-state index contributed by atoms with van der Waals surface area (Å²) in [6.07, 6.45) is 3.81. The molecule has 0 radical (unpaired) electrons. The van der Waals surface area contributed by atoms with Gasteiger partial charge in [-0.25, -0.2) is 0 Å². The number of rotatable bonds is 4. The molecule has 0 atom stereocenters. The Kier molecular flexibility index (Phi) is 9.09. The van der Waals surface area contributed by atoms with Crippen molar-refractivity contribution in [2.24, 2.45) is 0 Å². The zero-order chi connectivity index (χ0) is 37.4. The number of fused-ring (bicyclic) bond motifs is 5. The van der Waals surface area contributed by atoms with Gasteiger partial charge in [0, 0.05) is 17.7 Å². The molecule has 0 saturated carbocycles. The van der Waals surface area contributed by atoms with Crippen LogP contribution in [-0.2, 0) is 31.3 Å². The summed E-state index contributed by atoms with van der Waals surface area (Å²) < 4.78 is 0. The van der Waals surface area contributed by atoms with Crippen LogP contribution in [0.4, 0.5) is 28.4 Å². The van der Waals surface area contributed by atoms with Gasteiger partial charge in [0.25, 0.3) is 0 Å². The second kappa shape index (κ2) is 13.6. The van der Waals surface area contributed by atoms with Gasteiger partial charge in [0.1, 0.15) is 0 Å². The van der Waals surface area contributed by atoms with E-state index in [1.807, 2.05) is 36.7 Å². The molecule has 274 valence electrons. The third-order valence-electron chi connectivity index (χ3n) is 11.3. The molecule has 9 rings (SSSR count). The van der Waals surface area contributed by atoms with E-state index in [0.29, 0.717) is 0 Å². The molecule has 2 aliphatic rings. The van der Waals surface area contributed by atoms with Gasteiger partial charge in [-0.1, -0.05) is 108 Å². The number of aromatic nitrogens is 2. The first-order valence-corrected chi connectivity index (χ1v) is 20.8. The minimum atomic E-state index is -3.05. The first kappa shape index (κ1) is 36.8. The second-order valence-corrected chi connectivity index (χ2v) is 20.3. The van der Waals surface area contributed by atoms with Gasteiger partial charge < -0.3 is 14.8 Å². The first-order chi connectivity index (χ1) is 26.0. The van der Waals surface area contributed by atoms with E-state index >= 15 is 0 Å². The molecule has 0 fully saturated rings. The Labute approximate surface area is 340 Å². The van der Waals surface area contributed by atoms with Crippen LogP contribution in [0.2, 0.25) is 0 Å². The largest absolute Gasteiger partial charge is 2.00 e. The maximum absolute atomic E-state index is 5.28. The molecule has 2 aromatic heterocycles. The van der Waals surface area contributed by atoms with E-state index in [9.17, 15) is 0 Å².